The van der Waals surface area contributed by atoms with E-state index in [1.54, 1.807) is 37.3 Å². The van der Waals surface area contributed by atoms with Gasteiger partial charge in [0.15, 0.2) is 0 Å². The van der Waals surface area contributed by atoms with Crippen LogP contribution in [0.25, 0.3) is 0 Å². The number of hydrogen-bond acceptors (Lipinski definition) is 3. The van der Waals surface area contributed by atoms with Crippen LogP contribution in [0.2, 0.25) is 5.02 Å². The molecule has 0 heterocycles. The van der Waals surface area contributed by atoms with Crippen LogP contribution in [0.1, 0.15) is 20.8 Å². The molecule has 1 rings (SSSR count). The molecule has 0 unspecified atom stereocenters. The Balaban J connectivity index is 2.89. The highest BCUT2D eigenvalue weighted by molar-refractivity contribution is 6.31. The van der Waals surface area contributed by atoms with Crippen molar-refractivity contribution in [3.05, 3.63) is 23.2 Å². The molecule has 0 fully saturated rings. The zero-order valence-corrected chi connectivity index (χ0v) is 13.9. The standard InChI is InChI=1S/C15H23ClN2O3/c1-10(2)18(4)15(19)17-13-8-12(16)6-7-14(13)21-11(3)9-20-5/h6-8,10-11H,9H2,1-5H3,(H,17,19)/t11-/m0/s1. The van der Waals surface area contributed by atoms with Gasteiger partial charge in [-0.05, 0) is 39.0 Å². The van der Waals surface area contributed by atoms with Crippen LogP contribution in [0.15, 0.2) is 18.2 Å². The minimum absolute atomic E-state index is 0.0981. The van der Waals surface area contributed by atoms with E-state index in [1.807, 2.05) is 20.8 Å². The monoisotopic (exact) mass is 314 g/mol. The maximum atomic E-state index is 12.1. The van der Waals surface area contributed by atoms with E-state index < -0.39 is 0 Å². The molecule has 1 N–H and O–H groups in total. The quantitative estimate of drug-likeness (QED) is 0.872. The second-order valence-electron chi connectivity index (χ2n) is 5.16. The molecule has 6 heteroatoms. The normalized spacial score (nSPS) is 12.1. The molecule has 1 atom stereocenters. The van der Waals surface area contributed by atoms with Crippen molar-refractivity contribution in [1.29, 1.82) is 0 Å². The van der Waals surface area contributed by atoms with Gasteiger partial charge in [0.05, 0.1) is 12.3 Å². The molecule has 1 aromatic rings. The molecule has 2 amide bonds. The van der Waals surface area contributed by atoms with Crippen LogP contribution in [0.5, 0.6) is 5.75 Å². The van der Waals surface area contributed by atoms with Crippen LogP contribution in [0.3, 0.4) is 0 Å². The van der Waals surface area contributed by atoms with Crippen LogP contribution < -0.4 is 10.1 Å². The summed E-state index contributed by atoms with van der Waals surface area (Å²) in [6.45, 7) is 6.23. The summed E-state index contributed by atoms with van der Waals surface area (Å²) in [6.07, 6.45) is -0.130. The number of methoxy groups -OCH3 is 1. The average molecular weight is 315 g/mol. The van der Waals surface area contributed by atoms with Crippen molar-refractivity contribution in [3.8, 4) is 5.75 Å². The van der Waals surface area contributed by atoms with Gasteiger partial charge in [-0.25, -0.2) is 4.79 Å². The smallest absolute Gasteiger partial charge is 0.321 e. The first-order chi connectivity index (χ1) is 9.85. The molecule has 0 bridgehead atoms. The highest BCUT2D eigenvalue weighted by Gasteiger charge is 2.16. The molecule has 0 saturated heterocycles. The minimum Gasteiger partial charge on any atom is -0.486 e. The number of nitrogens with one attached hydrogen (secondary N) is 1. The molecular formula is C15H23ClN2O3. The number of nitrogens with zero attached hydrogens (tertiary/aromatic N) is 1. The van der Waals surface area contributed by atoms with Gasteiger partial charge in [-0.1, -0.05) is 11.6 Å². The number of urea groups is 1. The lowest BCUT2D eigenvalue weighted by molar-refractivity contribution is 0.0925. The second kappa shape index (κ2) is 8.10. The van der Waals surface area contributed by atoms with Crippen molar-refractivity contribution in [2.45, 2.75) is 32.9 Å². The molecule has 1 aromatic carbocycles. The first-order valence-corrected chi connectivity index (χ1v) is 7.22. The van der Waals surface area contributed by atoms with E-state index in [1.165, 1.54) is 0 Å². The Morgan fingerprint density at radius 1 is 1.38 bits per heavy atom. The summed E-state index contributed by atoms with van der Waals surface area (Å²) in [5.41, 5.74) is 0.544. The Bertz CT molecular complexity index is 480. The van der Waals surface area contributed by atoms with Crippen molar-refractivity contribution in [2.24, 2.45) is 0 Å². The third kappa shape index (κ3) is 5.44. The Kier molecular flexibility index (Phi) is 6.78. The lowest BCUT2D eigenvalue weighted by Gasteiger charge is -2.23. The molecule has 0 aliphatic rings. The van der Waals surface area contributed by atoms with Crippen molar-refractivity contribution in [3.63, 3.8) is 0 Å². The predicted octanol–water partition coefficient (Wildman–Crippen LogP) is 3.63. The summed E-state index contributed by atoms with van der Waals surface area (Å²) in [6, 6.07) is 5.01. The SMILES string of the molecule is COC[C@H](C)Oc1ccc(Cl)cc1NC(=O)N(C)C(C)C. The Morgan fingerprint density at radius 2 is 2.05 bits per heavy atom. The van der Waals surface area contributed by atoms with Crippen LogP contribution >= 0.6 is 11.6 Å². The number of hydrogen-bond donors (Lipinski definition) is 1. The molecule has 0 saturated carbocycles. The first kappa shape index (κ1) is 17.6. The Morgan fingerprint density at radius 3 is 2.62 bits per heavy atom. The fourth-order valence-electron chi connectivity index (χ4n) is 1.63. The molecule has 0 aromatic heterocycles. The number of amides is 2. The molecular weight excluding hydrogens is 292 g/mol. The minimum atomic E-state index is -0.212. The average Bonchev–Trinajstić information content (AvgIpc) is 2.41. The number of ether oxygens (including phenoxy) is 2. The van der Waals surface area contributed by atoms with E-state index >= 15 is 0 Å². The molecule has 0 spiro atoms. The van der Waals surface area contributed by atoms with Crippen LogP contribution in [-0.4, -0.2) is 43.8 Å². The van der Waals surface area contributed by atoms with Gasteiger partial charge in [0, 0.05) is 25.2 Å². The van der Waals surface area contributed by atoms with Crippen LogP contribution in [-0.2, 0) is 4.74 Å². The Labute approximate surface area is 131 Å². The maximum Gasteiger partial charge on any atom is 0.321 e. The van der Waals surface area contributed by atoms with Crippen LogP contribution in [0, 0.1) is 0 Å². The van der Waals surface area contributed by atoms with Gasteiger partial charge in [-0.15, -0.1) is 0 Å². The van der Waals surface area contributed by atoms with E-state index in [4.69, 9.17) is 21.1 Å². The zero-order chi connectivity index (χ0) is 16.0. The van der Waals surface area contributed by atoms with Crippen molar-refractivity contribution < 1.29 is 14.3 Å². The van der Waals surface area contributed by atoms with Crippen LogP contribution in [0.4, 0.5) is 10.5 Å². The molecule has 0 aliphatic heterocycles. The number of anilines is 1. The van der Waals surface area contributed by atoms with Gasteiger partial charge in [0.1, 0.15) is 11.9 Å². The van der Waals surface area contributed by atoms with Gasteiger partial charge in [-0.2, -0.15) is 0 Å². The van der Waals surface area contributed by atoms with E-state index in [-0.39, 0.29) is 18.2 Å². The number of halogens is 1. The van der Waals surface area contributed by atoms with Crippen molar-refractivity contribution in [1.82, 2.24) is 4.90 Å². The van der Waals surface area contributed by atoms with Gasteiger partial charge in [0.2, 0.25) is 0 Å². The van der Waals surface area contributed by atoms with Crippen molar-refractivity contribution in [2.75, 3.05) is 26.1 Å². The fourth-order valence-corrected chi connectivity index (χ4v) is 1.80. The van der Waals surface area contributed by atoms with Gasteiger partial charge >= 0.3 is 6.03 Å². The van der Waals surface area contributed by atoms with Crippen molar-refractivity contribution >= 4 is 23.3 Å². The zero-order valence-electron chi connectivity index (χ0n) is 13.1. The molecule has 0 aliphatic carbocycles. The van der Waals surface area contributed by atoms with E-state index in [0.29, 0.717) is 23.1 Å². The van der Waals surface area contributed by atoms with Gasteiger partial charge in [-0.3, -0.25) is 0 Å². The fraction of sp³-hybridized carbons (Fsp3) is 0.533. The third-order valence-corrected chi connectivity index (χ3v) is 3.24. The number of benzene rings is 1. The summed E-state index contributed by atoms with van der Waals surface area (Å²) in [5.74, 6) is 0.564. The number of carbonyl (C=O) groups is 1. The topological polar surface area (TPSA) is 50.8 Å². The molecule has 21 heavy (non-hydrogen) atoms. The highest BCUT2D eigenvalue weighted by atomic mass is 35.5. The van der Waals surface area contributed by atoms with E-state index in [9.17, 15) is 4.79 Å². The predicted molar refractivity (Wildman–Crippen MR) is 85.3 cm³/mol. The third-order valence-electron chi connectivity index (χ3n) is 3.01. The highest BCUT2D eigenvalue weighted by Crippen LogP contribution is 2.29. The summed E-state index contributed by atoms with van der Waals surface area (Å²) >= 11 is 5.99. The lowest BCUT2D eigenvalue weighted by atomic mass is 10.2. The summed E-state index contributed by atoms with van der Waals surface area (Å²) in [5, 5.41) is 3.35. The largest absolute Gasteiger partial charge is 0.486 e. The van der Waals surface area contributed by atoms with E-state index in [0.717, 1.165) is 0 Å². The maximum absolute atomic E-state index is 12.1. The summed E-state index contributed by atoms with van der Waals surface area (Å²) < 4.78 is 10.8. The second-order valence-corrected chi connectivity index (χ2v) is 5.60. The van der Waals surface area contributed by atoms with E-state index in [2.05, 4.69) is 5.32 Å². The lowest BCUT2D eigenvalue weighted by Crippen LogP contribution is -2.36. The summed E-state index contributed by atoms with van der Waals surface area (Å²) in [4.78, 5) is 13.7. The molecule has 0 radical (unpaired) electrons. The molecule has 5 nitrogen and oxygen atoms in total. The van der Waals surface area contributed by atoms with Gasteiger partial charge < -0.3 is 19.7 Å². The number of carbonyl (C=O) groups excluding carboxylic acids is 1. The Hall–Kier alpha value is -1.46. The first-order valence-electron chi connectivity index (χ1n) is 6.84. The summed E-state index contributed by atoms with van der Waals surface area (Å²) in [7, 11) is 3.35. The molecule has 118 valence electrons. The number of rotatable bonds is 6. The van der Waals surface area contributed by atoms with Gasteiger partial charge in [0.25, 0.3) is 0 Å².